The number of pyridine rings is 1. The number of nitrogens with zero attached hydrogens (tertiary/aromatic N) is 5. The van der Waals surface area contributed by atoms with Gasteiger partial charge in [-0.1, -0.05) is 176 Å². The van der Waals surface area contributed by atoms with Gasteiger partial charge in [0.15, 0.2) is 23.1 Å². The Labute approximate surface area is 367 Å². The summed E-state index contributed by atoms with van der Waals surface area (Å²) in [5.74, 6) is 1.85. The van der Waals surface area contributed by atoms with Gasteiger partial charge in [0.2, 0.25) is 0 Å². The number of para-hydroxylation sites is 1. The van der Waals surface area contributed by atoms with Crippen molar-refractivity contribution in [2.24, 2.45) is 0 Å². The summed E-state index contributed by atoms with van der Waals surface area (Å²) in [7, 11) is 0. The Balaban J connectivity index is 0.926. The van der Waals surface area contributed by atoms with Gasteiger partial charge >= 0.3 is 0 Å². The predicted octanol–water partition coefficient (Wildman–Crippen LogP) is 14.9. The molecule has 298 valence electrons. The minimum Gasteiger partial charge on any atom is -0.455 e. The third-order valence-electron chi connectivity index (χ3n) is 12.4. The van der Waals surface area contributed by atoms with E-state index in [0.29, 0.717) is 17.5 Å². The van der Waals surface area contributed by atoms with Crippen LogP contribution in [0.15, 0.2) is 217 Å². The van der Waals surface area contributed by atoms with Crippen LogP contribution in [0.2, 0.25) is 0 Å². The zero-order valence-corrected chi connectivity index (χ0v) is 34.4. The first-order valence-corrected chi connectivity index (χ1v) is 21.4. The molecule has 0 unspecified atom stereocenters. The molecule has 0 atom stereocenters. The molecule has 13 rings (SSSR count). The van der Waals surface area contributed by atoms with Gasteiger partial charge in [0, 0.05) is 38.2 Å². The molecule has 0 bridgehead atoms. The first-order valence-electron chi connectivity index (χ1n) is 21.4. The van der Waals surface area contributed by atoms with Crippen LogP contribution in [-0.4, -0.2) is 24.3 Å². The van der Waals surface area contributed by atoms with Crippen molar-refractivity contribution in [3.05, 3.63) is 212 Å². The summed E-state index contributed by atoms with van der Waals surface area (Å²) in [4.78, 5) is 20.6. The van der Waals surface area contributed by atoms with Crippen LogP contribution in [0.25, 0.3) is 128 Å². The first-order chi connectivity index (χ1) is 31.7. The lowest BCUT2D eigenvalue weighted by molar-refractivity contribution is 0.666. The Morgan fingerprint density at radius 2 is 0.797 bits per heavy atom. The van der Waals surface area contributed by atoms with Crippen LogP contribution in [0.4, 0.5) is 0 Å². The van der Waals surface area contributed by atoms with Crippen molar-refractivity contribution < 1.29 is 4.42 Å². The van der Waals surface area contributed by atoms with Crippen LogP contribution in [0, 0.1) is 0 Å². The molecule has 0 saturated carbocycles. The molecule has 9 aromatic carbocycles. The van der Waals surface area contributed by atoms with E-state index in [-0.39, 0.29) is 0 Å². The average Bonchev–Trinajstić information content (AvgIpc) is 3.94. The second kappa shape index (κ2) is 14.4. The fourth-order valence-electron chi connectivity index (χ4n) is 9.29. The fraction of sp³-hybridized carbons (Fsp3) is 0. The molecule has 0 saturated heterocycles. The maximum Gasteiger partial charge on any atom is 0.164 e. The minimum atomic E-state index is 0.611. The zero-order valence-electron chi connectivity index (χ0n) is 34.4. The van der Waals surface area contributed by atoms with Crippen molar-refractivity contribution in [2.45, 2.75) is 0 Å². The van der Waals surface area contributed by atoms with Crippen molar-refractivity contribution in [3.63, 3.8) is 0 Å². The van der Waals surface area contributed by atoms with Gasteiger partial charge in [-0.25, -0.2) is 19.9 Å². The van der Waals surface area contributed by atoms with Crippen molar-refractivity contribution in [1.29, 1.82) is 0 Å². The Bertz CT molecular complexity index is 3850. The largest absolute Gasteiger partial charge is 0.455 e. The van der Waals surface area contributed by atoms with Gasteiger partial charge in [-0.05, 0) is 74.5 Å². The normalized spacial score (nSPS) is 11.8. The van der Waals surface area contributed by atoms with Gasteiger partial charge in [0.25, 0.3) is 0 Å². The molecule has 0 aliphatic carbocycles. The van der Waals surface area contributed by atoms with Crippen LogP contribution in [0.1, 0.15) is 0 Å². The molecule has 64 heavy (non-hydrogen) atoms. The average molecular weight is 818 g/mol. The van der Waals surface area contributed by atoms with Gasteiger partial charge in [0.05, 0.1) is 17.2 Å². The van der Waals surface area contributed by atoms with Crippen molar-refractivity contribution >= 4 is 60.2 Å². The molecule has 13 aromatic rings. The number of benzene rings is 9. The number of hydrogen-bond donors (Lipinski definition) is 0. The summed E-state index contributed by atoms with van der Waals surface area (Å²) in [5, 5.41) is 6.74. The Morgan fingerprint density at radius 1 is 0.297 bits per heavy atom. The Morgan fingerprint density at radius 3 is 1.47 bits per heavy atom. The van der Waals surface area contributed by atoms with Crippen molar-refractivity contribution in [3.8, 4) is 67.5 Å². The van der Waals surface area contributed by atoms with Crippen LogP contribution in [0.3, 0.4) is 0 Å². The Hall–Kier alpha value is -8.74. The highest BCUT2D eigenvalue weighted by molar-refractivity contribution is 6.25. The summed E-state index contributed by atoms with van der Waals surface area (Å²) >= 11 is 0. The van der Waals surface area contributed by atoms with Gasteiger partial charge < -0.3 is 4.42 Å². The second-order valence-corrected chi connectivity index (χ2v) is 16.3. The number of hydrogen-bond acceptors (Lipinski definition) is 5. The van der Waals surface area contributed by atoms with E-state index in [1.54, 1.807) is 0 Å². The third-order valence-corrected chi connectivity index (χ3v) is 12.4. The number of furan rings is 1. The topological polar surface area (TPSA) is 69.1 Å². The van der Waals surface area contributed by atoms with Crippen molar-refractivity contribution in [1.82, 2.24) is 24.3 Å². The van der Waals surface area contributed by atoms with E-state index < -0.39 is 0 Å². The lowest BCUT2D eigenvalue weighted by Crippen LogP contribution is -2.00. The molecule has 0 aliphatic rings. The molecule has 6 heteroatoms. The lowest BCUT2D eigenvalue weighted by Gasteiger charge is -2.12. The summed E-state index contributed by atoms with van der Waals surface area (Å²) in [6.45, 7) is 0. The van der Waals surface area contributed by atoms with E-state index in [9.17, 15) is 0 Å². The monoisotopic (exact) mass is 817 g/mol. The van der Waals surface area contributed by atoms with Gasteiger partial charge in [0.1, 0.15) is 11.2 Å². The van der Waals surface area contributed by atoms with Crippen molar-refractivity contribution in [2.75, 3.05) is 0 Å². The van der Waals surface area contributed by atoms with E-state index in [1.165, 1.54) is 10.8 Å². The maximum absolute atomic E-state index is 6.34. The molecule has 6 nitrogen and oxygen atoms in total. The van der Waals surface area contributed by atoms with E-state index in [1.807, 2.05) is 24.3 Å². The summed E-state index contributed by atoms with van der Waals surface area (Å²) in [6, 6.07) is 71.9. The highest BCUT2D eigenvalue weighted by Crippen LogP contribution is 2.40. The summed E-state index contributed by atoms with van der Waals surface area (Å²) in [5.41, 5.74) is 14.1. The van der Waals surface area contributed by atoms with E-state index >= 15 is 0 Å². The van der Waals surface area contributed by atoms with E-state index in [2.05, 4.69) is 193 Å². The van der Waals surface area contributed by atoms with Crippen LogP contribution < -0.4 is 0 Å². The molecule has 0 aliphatic heterocycles. The summed E-state index contributed by atoms with van der Waals surface area (Å²) in [6.07, 6.45) is 2.10. The van der Waals surface area contributed by atoms with Gasteiger partial charge in [-0.2, -0.15) is 0 Å². The SMILES string of the molecule is c1ccc(-c2cccc(-c3nc(-c4ccc(-c5ccc6c(c5)c5ccccc5c5nc7cc8c(cn7c65)oc5ccccc58)cc4)nc(-c4cccc(-c5ccccc5)c4)n3)c2)cc1. The third kappa shape index (κ3) is 5.96. The van der Waals surface area contributed by atoms with E-state index in [0.717, 1.165) is 99.5 Å². The Kier molecular flexibility index (Phi) is 8.11. The predicted molar refractivity (Wildman–Crippen MR) is 261 cm³/mol. The number of fused-ring (bicyclic) bond motifs is 11. The van der Waals surface area contributed by atoms with E-state index in [4.69, 9.17) is 24.4 Å². The molecule has 0 fully saturated rings. The summed E-state index contributed by atoms with van der Waals surface area (Å²) < 4.78 is 8.53. The molecule has 0 spiro atoms. The van der Waals surface area contributed by atoms with Crippen LogP contribution in [0.5, 0.6) is 0 Å². The smallest absolute Gasteiger partial charge is 0.164 e. The molecule has 0 N–H and O–H groups in total. The molecule has 4 heterocycles. The molecule has 0 amide bonds. The fourth-order valence-corrected chi connectivity index (χ4v) is 9.29. The first kappa shape index (κ1) is 36.0. The zero-order chi connectivity index (χ0) is 42.1. The molecular weight excluding hydrogens is 783 g/mol. The van der Waals surface area contributed by atoms with Gasteiger partial charge in [-0.15, -0.1) is 0 Å². The van der Waals surface area contributed by atoms with Gasteiger partial charge in [-0.3, -0.25) is 4.40 Å². The number of rotatable bonds is 6. The molecule has 4 aromatic heterocycles. The minimum absolute atomic E-state index is 0.611. The van der Waals surface area contributed by atoms with Crippen LogP contribution >= 0.6 is 0 Å². The molecule has 0 radical (unpaired) electrons. The highest BCUT2D eigenvalue weighted by Gasteiger charge is 2.19. The number of imidazole rings is 1. The standard InChI is InChI=1S/C58H35N5O/c1-3-13-36(14-4-1)40-17-11-19-43(31-40)57-60-56(61-58(62-57)44-20-12-18-41(32-44)37-15-5-2-6-16-37)39-27-25-38(26-28-39)42-29-30-48-49(33-42)45-21-7-8-23-47(45)54-55(48)63-35-52-50(34-53(63)59-54)46-22-9-10-24-51(46)64-52/h1-35H. The highest BCUT2D eigenvalue weighted by atomic mass is 16.3. The maximum atomic E-state index is 6.34. The lowest BCUT2D eigenvalue weighted by atomic mass is 9.95. The second-order valence-electron chi connectivity index (χ2n) is 16.3. The number of aromatic nitrogens is 5. The molecular formula is C58H35N5O. The quantitative estimate of drug-likeness (QED) is 0.156. The van der Waals surface area contributed by atoms with Crippen LogP contribution in [-0.2, 0) is 0 Å².